The highest BCUT2D eigenvalue weighted by Crippen LogP contribution is 2.29. The smallest absolute Gasteiger partial charge is 0.248 e. The molecule has 0 atom stereocenters. The van der Waals surface area contributed by atoms with E-state index in [1.165, 1.54) is 31.2 Å². The number of hydrogen-bond acceptors (Lipinski definition) is 3. The molecule has 0 aliphatic heterocycles. The minimum absolute atomic E-state index is 0.168. The van der Waals surface area contributed by atoms with E-state index in [0.717, 1.165) is 6.07 Å². The lowest BCUT2D eigenvalue weighted by Gasteiger charge is -2.12. The first-order valence-electron chi connectivity index (χ1n) is 5.81. The summed E-state index contributed by atoms with van der Waals surface area (Å²) < 4.78 is 27.5. The van der Waals surface area contributed by atoms with Gasteiger partial charge in [-0.1, -0.05) is 6.07 Å². The molecule has 0 aliphatic carbocycles. The van der Waals surface area contributed by atoms with Crippen LogP contribution < -0.4 is 16.8 Å². The van der Waals surface area contributed by atoms with E-state index in [1.54, 1.807) is 0 Å². The van der Waals surface area contributed by atoms with Crippen LogP contribution in [-0.2, 0) is 0 Å². The van der Waals surface area contributed by atoms with Crippen LogP contribution in [0, 0.1) is 18.6 Å². The maximum Gasteiger partial charge on any atom is 0.248 e. The van der Waals surface area contributed by atoms with Crippen LogP contribution in [0.15, 0.2) is 30.3 Å². The summed E-state index contributed by atoms with van der Waals surface area (Å²) in [6, 6.07) is 6.71. The molecule has 20 heavy (non-hydrogen) atoms. The molecule has 2 aromatic rings. The Bertz CT molecular complexity index is 686. The highest BCUT2D eigenvalue weighted by atomic mass is 19.1. The zero-order valence-corrected chi connectivity index (χ0v) is 10.7. The van der Waals surface area contributed by atoms with Crippen molar-refractivity contribution in [3.63, 3.8) is 0 Å². The van der Waals surface area contributed by atoms with Crippen molar-refractivity contribution in [2.75, 3.05) is 11.1 Å². The van der Waals surface area contributed by atoms with Crippen molar-refractivity contribution in [2.45, 2.75) is 6.92 Å². The number of aryl methyl sites for hydroxylation is 1. The number of anilines is 3. The number of hydrogen-bond donors (Lipinski definition) is 3. The second-order valence-corrected chi connectivity index (χ2v) is 4.34. The van der Waals surface area contributed by atoms with Gasteiger partial charge in [0, 0.05) is 5.56 Å². The van der Waals surface area contributed by atoms with Gasteiger partial charge >= 0.3 is 0 Å². The van der Waals surface area contributed by atoms with Gasteiger partial charge in [0.1, 0.15) is 11.5 Å². The minimum Gasteiger partial charge on any atom is -0.397 e. The van der Waals surface area contributed by atoms with E-state index < -0.39 is 17.5 Å². The molecule has 104 valence electrons. The highest BCUT2D eigenvalue weighted by molar-refractivity contribution is 5.95. The number of primary amides is 1. The number of nitrogens with two attached hydrogens (primary N) is 2. The Morgan fingerprint density at radius 2 is 1.90 bits per heavy atom. The number of carbonyl (C=O) groups excluding carboxylic acids is 1. The molecule has 6 heteroatoms. The van der Waals surface area contributed by atoms with Gasteiger partial charge in [-0.15, -0.1) is 0 Å². The highest BCUT2D eigenvalue weighted by Gasteiger charge is 2.13. The van der Waals surface area contributed by atoms with E-state index >= 15 is 0 Å². The maximum atomic E-state index is 13.9. The molecular formula is C14H13F2N3O. The first-order chi connectivity index (χ1) is 9.40. The molecule has 0 heterocycles. The fourth-order valence-electron chi connectivity index (χ4n) is 1.74. The van der Waals surface area contributed by atoms with Gasteiger partial charge in [-0.05, 0) is 36.8 Å². The Balaban J connectivity index is 2.41. The van der Waals surface area contributed by atoms with E-state index in [4.69, 9.17) is 11.5 Å². The van der Waals surface area contributed by atoms with E-state index in [9.17, 15) is 13.6 Å². The van der Waals surface area contributed by atoms with Crippen molar-refractivity contribution >= 4 is 23.0 Å². The minimum atomic E-state index is -0.730. The van der Waals surface area contributed by atoms with Crippen LogP contribution in [0.3, 0.4) is 0 Å². The van der Waals surface area contributed by atoms with E-state index in [0.29, 0.717) is 11.3 Å². The summed E-state index contributed by atoms with van der Waals surface area (Å²) >= 11 is 0. The number of carbonyl (C=O) groups is 1. The van der Waals surface area contributed by atoms with Gasteiger partial charge in [-0.3, -0.25) is 4.79 Å². The fraction of sp³-hybridized carbons (Fsp3) is 0.0714. The van der Waals surface area contributed by atoms with Crippen LogP contribution in [0.1, 0.15) is 15.9 Å². The average Bonchev–Trinajstić information content (AvgIpc) is 2.40. The lowest BCUT2D eigenvalue weighted by Crippen LogP contribution is -2.11. The van der Waals surface area contributed by atoms with Gasteiger partial charge in [-0.25, -0.2) is 8.78 Å². The molecule has 1 amide bonds. The number of rotatable bonds is 3. The molecule has 2 aromatic carbocycles. The first-order valence-corrected chi connectivity index (χ1v) is 5.81. The Kier molecular flexibility index (Phi) is 3.56. The van der Waals surface area contributed by atoms with Crippen LogP contribution in [0.2, 0.25) is 0 Å². The third-order valence-electron chi connectivity index (χ3n) is 2.88. The van der Waals surface area contributed by atoms with Gasteiger partial charge in [0.25, 0.3) is 0 Å². The summed E-state index contributed by atoms with van der Waals surface area (Å²) in [6.45, 7) is 1.53. The molecular weight excluding hydrogens is 264 g/mol. The lowest BCUT2D eigenvalue weighted by molar-refractivity contribution is 0.100. The lowest BCUT2D eigenvalue weighted by atomic mass is 10.1. The second kappa shape index (κ2) is 5.16. The van der Waals surface area contributed by atoms with E-state index in [1.807, 2.05) is 0 Å². The zero-order valence-electron chi connectivity index (χ0n) is 10.7. The Morgan fingerprint density at radius 3 is 2.50 bits per heavy atom. The molecule has 0 radical (unpaired) electrons. The molecule has 0 saturated heterocycles. The molecule has 4 nitrogen and oxygen atoms in total. The number of nitrogen functional groups attached to an aromatic ring is 1. The molecule has 0 aliphatic rings. The quantitative estimate of drug-likeness (QED) is 0.754. The molecule has 0 aromatic heterocycles. The van der Waals surface area contributed by atoms with Gasteiger partial charge in [-0.2, -0.15) is 0 Å². The Hall–Kier alpha value is -2.63. The third kappa shape index (κ3) is 2.54. The standard InChI is InChI=1S/C14H13F2N3O/c1-7-2-4-9(15)13(12(7)16)19-11-5-3-8(14(18)20)6-10(11)17/h2-6,19H,17H2,1H3,(H2,18,20). The molecule has 2 rings (SSSR count). The predicted molar refractivity (Wildman–Crippen MR) is 73.8 cm³/mol. The van der Waals surface area contributed by atoms with Crippen molar-refractivity contribution in [3.05, 3.63) is 53.1 Å². The topological polar surface area (TPSA) is 81.1 Å². The molecule has 5 N–H and O–H groups in total. The van der Waals surface area contributed by atoms with Crippen LogP contribution in [0.4, 0.5) is 25.8 Å². The summed E-state index contributed by atoms with van der Waals surface area (Å²) in [5.74, 6) is -2.05. The zero-order chi connectivity index (χ0) is 14.9. The normalized spacial score (nSPS) is 10.3. The molecule has 0 saturated carbocycles. The van der Waals surface area contributed by atoms with Gasteiger partial charge in [0.05, 0.1) is 11.4 Å². The maximum absolute atomic E-state index is 13.9. The predicted octanol–water partition coefficient (Wildman–Crippen LogP) is 2.70. The summed E-state index contributed by atoms with van der Waals surface area (Å²) in [4.78, 5) is 11.0. The van der Waals surface area contributed by atoms with Gasteiger partial charge < -0.3 is 16.8 Å². The largest absolute Gasteiger partial charge is 0.397 e. The van der Waals surface area contributed by atoms with Crippen LogP contribution >= 0.6 is 0 Å². The average molecular weight is 277 g/mol. The Labute approximate surface area is 114 Å². The third-order valence-corrected chi connectivity index (χ3v) is 2.88. The number of amides is 1. The van der Waals surface area contributed by atoms with Gasteiger partial charge in [0.15, 0.2) is 5.82 Å². The van der Waals surface area contributed by atoms with E-state index in [2.05, 4.69) is 5.32 Å². The summed E-state index contributed by atoms with van der Waals surface area (Å²) in [5, 5.41) is 2.59. The van der Waals surface area contributed by atoms with Crippen molar-refractivity contribution in [1.29, 1.82) is 0 Å². The summed E-state index contributed by atoms with van der Waals surface area (Å²) in [6.07, 6.45) is 0. The molecule has 0 fully saturated rings. The van der Waals surface area contributed by atoms with Crippen molar-refractivity contribution in [3.8, 4) is 0 Å². The molecule has 0 bridgehead atoms. The summed E-state index contributed by atoms with van der Waals surface area (Å²) in [7, 11) is 0. The van der Waals surface area contributed by atoms with Crippen LogP contribution in [0.5, 0.6) is 0 Å². The van der Waals surface area contributed by atoms with Gasteiger partial charge in [0.2, 0.25) is 5.91 Å². The number of benzene rings is 2. The van der Waals surface area contributed by atoms with Crippen molar-refractivity contribution in [1.82, 2.24) is 0 Å². The van der Waals surface area contributed by atoms with Crippen LogP contribution in [0.25, 0.3) is 0 Å². The van der Waals surface area contributed by atoms with E-state index in [-0.39, 0.29) is 16.9 Å². The van der Waals surface area contributed by atoms with Crippen LogP contribution in [-0.4, -0.2) is 5.91 Å². The monoisotopic (exact) mass is 277 g/mol. The summed E-state index contributed by atoms with van der Waals surface area (Å²) in [5.41, 5.74) is 11.5. The SMILES string of the molecule is Cc1ccc(F)c(Nc2ccc(C(N)=O)cc2N)c1F. The number of nitrogens with one attached hydrogen (secondary N) is 1. The molecule has 0 unspecified atom stereocenters. The number of halogens is 2. The first kappa shape index (κ1) is 13.8. The Morgan fingerprint density at radius 1 is 1.20 bits per heavy atom. The van der Waals surface area contributed by atoms with Crippen molar-refractivity contribution in [2.24, 2.45) is 5.73 Å². The molecule has 0 spiro atoms. The van der Waals surface area contributed by atoms with Crippen molar-refractivity contribution < 1.29 is 13.6 Å². The second-order valence-electron chi connectivity index (χ2n) is 4.34. The fourth-order valence-corrected chi connectivity index (χ4v) is 1.74.